The van der Waals surface area contributed by atoms with Gasteiger partial charge in [0, 0.05) is 28.6 Å². The summed E-state index contributed by atoms with van der Waals surface area (Å²) in [4.78, 5) is 6.19. The normalized spacial score (nSPS) is 19.8. The van der Waals surface area contributed by atoms with Gasteiger partial charge in [-0.25, -0.2) is 0 Å². The van der Waals surface area contributed by atoms with Crippen molar-refractivity contribution in [1.82, 2.24) is 10.6 Å². The van der Waals surface area contributed by atoms with Crippen LogP contribution >= 0.6 is 23.1 Å². The van der Waals surface area contributed by atoms with Crippen LogP contribution in [0.1, 0.15) is 38.5 Å². The molecule has 2 rings (SSSR count). The van der Waals surface area contributed by atoms with Crippen LogP contribution in [0, 0.1) is 0 Å². The summed E-state index contributed by atoms with van der Waals surface area (Å²) in [6, 6.07) is 4.32. The predicted octanol–water partition coefficient (Wildman–Crippen LogP) is 3.48. The Bertz CT molecular complexity index is 434. The van der Waals surface area contributed by atoms with Gasteiger partial charge in [-0.15, -0.1) is 11.3 Å². The molecule has 1 atom stereocenters. The van der Waals surface area contributed by atoms with Crippen molar-refractivity contribution in [3.8, 4) is 0 Å². The highest BCUT2D eigenvalue weighted by Gasteiger charge is 2.21. The lowest BCUT2D eigenvalue weighted by Gasteiger charge is -2.22. The van der Waals surface area contributed by atoms with Crippen molar-refractivity contribution in [2.24, 2.45) is 4.99 Å². The van der Waals surface area contributed by atoms with Crippen molar-refractivity contribution >= 4 is 29.1 Å². The van der Waals surface area contributed by atoms with Crippen LogP contribution in [0.15, 0.2) is 22.5 Å². The van der Waals surface area contributed by atoms with Gasteiger partial charge in [0.15, 0.2) is 5.96 Å². The number of nitrogens with one attached hydrogen (secondary N) is 2. The van der Waals surface area contributed by atoms with Gasteiger partial charge in [-0.1, -0.05) is 19.9 Å². The van der Waals surface area contributed by atoms with E-state index in [2.05, 4.69) is 60.7 Å². The Balaban J connectivity index is 1.90. The molecule has 118 valence electrons. The standard InChI is InChI=1S/C16H27N3S2/c1-4-17-15(18-11-13-7-5-9-20-13)19-12-16(2,3)14-8-6-10-21-14/h6,8,10,13H,4-5,7,9,11-12H2,1-3H3,(H2,17,18,19). The summed E-state index contributed by atoms with van der Waals surface area (Å²) in [6.07, 6.45) is 2.69. The summed E-state index contributed by atoms with van der Waals surface area (Å²) in [7, 11) is 0. The lowest BCUT2D eigenvalue weighted by Crippen LogP contribution is -2.41. The van der Waals surface area contributed by atoms with E-state index < -0.39 is 0 Å². The second-order valence-electron chi connectivity index (χ2n) is 6.07. The molecule has 0 aromatic carbocycles. The van der Waals surface area contributed by atoms with E-state index in [1.807, 2.05) is 11.3 Å². The summed E-state index contributed by atoms with van der Waals surface area (Å²) in [6.45, 7) is 9.38. The minimum absolute atomic E-state index is 0.0959. The maximum atomic E-state index is 4.79. The molecular weight excluding hydrogens is 298 g/mol. The number of thioether (sulfide) groups is 1. The van der Waals surface area contributed by atoms with E-state index in [9.17, 15) is 0 Å². The molecule has 5 heteroatoms. The zero-order valence-electron chi connectivity index (χ0n) is 13.3. The fourth-order valence-corrected chi connectivity index (χ4v) is 4.42. The summed E-state index contributed by atoms with van der Waals surface area (Å²) < 4.78 is 0. The molecule has 3 nitrogen and oxygen atoms in total. The van der Waals surface area contributed by atoms with Gasteiger partial charge >= 0.3 is 0 Å². The molecule has 1 unspecified atom stereocenters. The van der Waals surface area contributed by atoms with Crippen molar-refractivity contribution in [3.05, 3.63) is 22.4 Å². The minimum Gasteiger partial charge on any atom is -0.357 e. The molecule has 0 aliphatic carbocycles. The minimum atomic E-state index is 0.0959. The first-order valence-electron chi connectivity index (χ1n) is 7.79. The van der Waals surface area contributed by atoms with Gasteiger partial charge in [0.1, 0.15) is 0 Å². The first-order valence-corrected chi connectivity index (χ1v) is 9.72. The number of nitrogens with zero attached hydrogens (tertiary/aromatic N) is 1. The van der Waals surface area contributed by atoms with Gasteiger partial charge in [0.05, 0.1) is 6.54 Å². The zero-order valence-corrected chi connectivity index (χ0v) is 14.9. The highest BCUT2D eigenvalue weighted by atomic mass is 32.2. The van der Waals surface area contributed by atoms with E-state index in [0.717, 1.165) is 30.8 Å². The van der Waals surface area contributed by atoms with E-state index in [-0.39, 0.29) is 5.41 Å². The maximum absolute atomic E-state index is 4.79. The summed E-state index contributed by atoms with van der Waals surface area (Å²) in [5.41, 5.74) is 0.0959. The fraction of sp³-hybridized carbons (Fsp3) is 0.688. The van der Waals surface area contributed by atoms with Crippen LogP contribution in [0.3, 0.4) is 0 Å². The molecular formula is C16H27N3S2. The van der Waals surface area contributed by atoms with Crippen molar-refractivity contribution in [2.45, 2.75) is 44.3 Å². The molecule has 21 heavy (non-hydrogen) atoms. The summed E-state index contributed by atoms with van der Waals surface area (Å²) in [5.74, 6) is 2.26. The van der Waals surface area contributed by atoms with Crippen LogP contribution in [-0.2, 0) is 5.41 Å². The van der Waals surface area contributed by atoms with Gasteiger partial charge in [0.25, 0.3) is 0 Å². The number of aliphatic imine (C=N–C) groups is 1. The lowest BCUT2D eigenvalue weighted by molar-refractivity contribution is 0.548. The molecule has 0 bridgehead atoms. The molecule has 1 aromatic rings. The topological polar surface area (TPSA) is 36.4 Å². The predicted molar refractivity (Wildman–Crippen MR) is 96.8 cm³/mol. The average molecular weight is 326 g/mol. The van der Waals surface area contributed by atoms with Gasteiger partial charge in [-0.2, -0.15) is 11.8 Å². The highest BCUT2D eigenvalue weighted by molar-refractivity contribution is 8.00. The average Bonchev–Trinajstić information content (AvgIpc) is 3.14. The first kappa shape index (κ1) is 16.7. The molecule has 0 radical (unpaired) electrons. The number of rotatable bonds is 6. The third-order valence-corrected chi connectivity index (χ3v) is 6.32. The third kappa shape index (κ3) is 5.22. The van der Waals surface area contributed by atoms with Gasteiger partial charge in [-0.3, -0.25) is 4.99 Å². The van der Waals surface area contributed by atoms with Crippen molar-refractivity contribution in [3.63, 3.8) is 0 Å². The van der Waals surface area contributed by atoms with E-state index in [1.54, 1.807) is 0 Å². The number of thiophene rings is 1. The Morgan fingerprint density at radius 3 is 2.90 bits per heavy atom. The van der Waals surface area contributed by atoms with Crippen molar-refractivity contribution in [2.75, 3.05) is 25.4 Å². The Labute approximate surface area is 137 Å². The highest BCUT2D eigenvalue weighted by Crippen LogP contribution is 2.27. The molecule has 0 saturated carbocycles. The Morgan fingerprint density at radius 2 is 2.29 bits per heavy atom. The monoisotopic (exact) mass is 325 g/mol. The van der Waals surface area contributed by atoms with Crippen LogP contribution in [0.4, 0.5) is 0 Å². The Morgan fingerprint density at radius 1 is 1.43 bits per heavy atom. The maximum Gasteiger partial charge on any atom is 0.191 e. The quantitative estimate of drug-likeness (QED) is 0.621. The molecule has 0 spiro atoms. The van der Waals surface area contributed by atoms with Gasteiger partial charge in [0.2, 0.25) is 0 Å². The van der Waals surface area contributed by atoms with E-state index >= 15 is 0 Å². The second-order valence-corrected chi connectivity index (χ2v) is 8.43. The van der Waals surface area contributed by atoms with E-state index in [1.165, 1.54) is 23.5 Å². The molecule has 2 heterocycles. The van der Waals surface area contributed by atoms with E-state index in [4.69, 9.17) is 4.99 Å². The molecule has 2 N–H and O–H groups in total. The molecule has 1 aliphatic heterocycles. The SMILES string of the molecule is CCNC(=NCC(C)(C)c1cccs1)NCC1CCCS1. The van der Waals surface area contributed by atoms with Crippen molar-refractivity contribution in [1.29, 1.82) is 0 Å². The molecule has 1 aliphatic rings. The van der Waals surface area contributed by atoms with Crippen LogP contribution in [0.25, 0.3) is 0 Å². The van der Waals surface area contributed by atoms with Crippen LogP contribution in [0.2, 0.25) is 0 Å². The number of hydrogen-bond donors (Lipinski definition) is 2. The Kier molecular flexibility index (Phi) is 6.42. The fourth-order valence-electron chi connectivity index (χ4n) is 2.38. The van der Waals surface area contributed by atoms with Gasteiger partial charge < -0.3 is 10.6 Å². The third-order valence-electron chi connectivity index (χ3n) is 3.69. The molecule has 0 amide bonds. The summed E-state index contributed by atoms with van der Waals surface area (Å²) in [5, 5.41) is 9.75. The lowest BCUT2D eigenvalue weighted by atomic mass is 9.92. The molecule has 1 fully saturated rings. The number of guanidine groups is 1. The van der Waals surface area contributed by atoms with E-state index in [0.29, 0.717) is 0 Å². The second kappa shape index (κ2) is 8.08. The Hall–Kier alpha value is -0.680. The van der Waals surface area contributed by atoms with Crippen molar-refractivity contribution < 1.29 is 0 Å². The summed E-state index contributed by atoms with van der Waals surface area (Å²) >= 11 is 3.90. The van der Waals surface area contributed by atoms with Crippen LogP contribution in [-0.4, -0.2) is 36.6 Å². The molecule has 1 aromatic heterocycles. The smallest absolute Gasteiger partial charge is 0.191 e. The number of hydrogen-bond acceptors (Lipinski definition) is 3. The largest absolute Gasteiger partial charge is 0.357 e. The molecule has 1 saturated heterocycles. The van der Waals surface area contributed by atoms with Gasteiger partial charge in [-0.05, 0) is 37.0 Å². The van der Waals surface area contributed by atoms with Crippen LogP contribution < -0.4 is 10.6 Å². The first-order chi connectivity index (χ1) is 10.1. The zero-order chi connectivity index (χ0) is 15.1. The van der Waals surface area contributed by atoms with Crippen LogP contribution in [0.5, 0.6) is 0 Å².